The fraction of sp³-hybridized carbons (Fsp3) is 0.409. The summed E-state index contributed by atoms with van der Waals surface area (Å²) in [5.41, 5.74) is -0.615. The third-order valence-corrected chi connectivity index (χ3v) is 5.70. The van der Waals surface area contributed by atoms with E-state index in [9.17, 15) is 27.2 Å². The highest BCUT2D eigenvalue weighted by Crippen LogP contribution is 2.36. The number of amides is 2. The van der Waals surface area contributed by atoms with Gasteiger partial charge in [0.15, 0.2) is 0 Å². The second-order valence-electron chi connectivity index (χ2n) is 8.27. The number of halogens is 5. The van der Waals surface area contributed by atoms with Gasteiger partial charge in [0.2, 0.25) is 11.8 Å². The highest BCUT2D eigenvalue weighted by atomic mass is 35.5. The Morgan fingerprint density at radius 3 is 2.45 bits per heavy atom. The maximum absolute atomic E-state index is 13.6. The number of nitrogens with zero attached hydrogens (tertiary/aromatic N) is 4. The van der Waals surface area contributed by atoms with Crippen molar-refractivity contribution < 1.29 is 27.2 Å². The van der Waals surface area contributed by atoms with Gasteiger partial charge in [0.05, 0.1) is 16.5 Å². The molecule has 11 heteroatoms. The molecular weight excluding hydrogens is 464 g/mol. The first kappa shape index (κ1) is 24.9. The van der Waals surface area contributed by atoms with Gasteiger partial charge in [0, 0.05) is 25.0 Å². The van der Waals surface area contributed by atoms with E-state index in [4.69, 9.17) is 11.6 Å². The molecule has 0 bridgehead atoms. The van der Waals surface area contributed by atoms with Crippen LogP contribution in [-0.2, 0) is 15.8 Å². The zero-order valence-electron chi connectivity index (χ0n) is 18.5. The number of aromatic nitrogens is 1. The molecule has 1 aliphatic heterocycles. The maximum Gasteiger partial charge on any atom is 0.416 e. The lowest BCUT2D eigenvalue weighted by molar-refractivity contribution is -0.137. The molecule has 6 nitrogen and oxygen atoms in total. The van der Waals surface area contributed by atoms with Gasteiger partial charge >= 0.3 is 6.18 Å². The number of anilines is 2. The molecule has 3 rings (SSSR count). The Kier molecular flexibility index (Phi) is 6.99. The zero-order chi connectivity index (χ0) is 24.7. The van der Waals surface area contributed by atoms with Gasteiger partial charge in [-0.2, -0.15) is 13.2 Å². The van der Waals surface area contributed by atoms with Gasteiger partial charge in [-0.05, 0) is 57.8 Å². The number of aryl methyl sites for hydroxylation is 1. The van der Waals surface area contributed by atoms with Gasteiger partial charge in [-0.1, -0.05) is 11.6 Å². The number of hydrogen-bond donors (Lipinski definition) is 0. The molecule has 1 aromatic heterocycles. The number of pyridine rings is 1. The summed E-state index contributed by atoms with van der Waals surface area (Å²) in [6.45, 7) is 1.70. The van der Waals surface area contributed by atoms with Crippen LogP contribution in [0.25, 0.3) is 0 Å². The first-order chi connectivity index (χ1) is 15.3. The van der Waals surface area contributed by atoms with Gasteiger partial charge in [-0.3, -0.25) is 14.5 Å². The van der Waals surface area contributed by atoms with E-state index in [2.05, 4.69) is 4.98 Å². The number of hydrogen-bond acceptors (Lipinski definition) is 4. The molecule has 33 heavy (non-hydrogen) atoms. The average molecular weight is 487 g/mol. The standard InChI is InChI=1S/C22H23ClF4N4O2/c1-12-7-14(22(25,26)27)9-19(28-12)31-18(8-13(20(31)32)11-29(2)3)21(33)30(4)15-5-6-17(24)16(23)10-15/h5-7,9-10,13,18H,8,11H2,1-4H3. The molecule has 0 N–H and O–H groups in total. The Balaban J connectivity index is 2.04. The summed E-state index contributed by atoms with van der Waals surface area (Å²) in [5, 5.41) is -0.188. The second-order valence-corrected chi connectivity index (χ2v) is 8.67. The van der Waals surface area contributed by atoms with E-state index in [-0.39, 0.29) is 28.6 Å². The van der Waals surface area contributed by atoms with E-state index in [0.29, 0.717) is 6.54 Å². The van der Waals surface area contributed by atoms with Gasteiger partial charge < -0.3 is 9.80 Å². The van der Waals surface area contributed by atoms with Crippen molar-refractivity contribution in [1.29, 1.82) is 0 Å². The molecule has 0 aliphatic carbocycles. The Morgan fingerprint density at radius 2 is 1.88 bits per heavy atom. The van der Waals surface area contributed by atoms with Crippen molar-refractivity contribution in [3.05, 3.63) is 52.4 Å². The van der Waals surface area contributed by atoms with Crippen molar-refractivity contribution in [3.8, 4) is 0 Å². The minimum absolute atomic E-state index is 0.0635. The lowest BCUT2D eigenvalue weighted by Crippen LogP contribution is -2.46. The van der Waals surface area contributed by atoms with E-state index < -0.39 is 41.3 Å². The molecule has 1 aliphatic rings. The maximum atomic E-state index is 13.6. The molecule has 178 valence electrons. The van der Waals surface area contributed by atoms with Crippen molar-refractivity contribution in [2.24, 2.45) is 5.92 Å². The molecule has 1 fully saturated rings. The summed E-state index contributed by atoms with van der Waals surface area (Å²) in [6.07, 6.45) is -4.55. The molecule has 2 atom stereocenters. The molecule has 0 radical (unpaired) electrons. The Bertz CT molecular complexity index is 1080. The average Bonchev–Trinajstić information content (AvgIpc) is 3.03. The molecule has 0 spiro atoms. The predicted octanol–water partition coefficient (Wildman–Crippen LogP) is 4.15. The van der Waals surface area contributed by atoms with Crippen molar-refractivity contribution in [2.75, 3.05) is 37.5 Å². The summed E-state index contributed by atoms with van der Waals surface area (Å²) in [7, 11) is 4.94. The molecule has 2 aromatic rings. The van der Waals surface area contributed by atoms with Crippen LogP contribution in [0.4, 0.5) is 29.1 Å². The van der Waals surface area contributed by atoms with Crippen molar-refractivity contribution in [2.45, 2.75) is 25.6 Å². The van der Waals surface area contributed by atoms with Crippen LogP contribution >= 0.6 is 11.6 Å². The lowest BCUT2D eigenvalue weighted by atomic mass is 10.0. The van der Waals surface area contributed by atoms with Gasteiger partial charge in [-0.15, -0.1) is 0 Å². The summed E-state index contributed by atoms with van der Waals surface area (Å²) in [5.74, 6) is -2.55. The number of carbonyl (C=O) groups is 2. The highest BCUT2D eigenvalue weighted by molar-refractivity contribution is 6.31. The second kappa shape index (κ2) is 9.26. The van der Waals surface area contributed by atoms with Crippen LogP contribution in [0.2, 0.25) is 5.02 Å². The monoisotopic (exact) mass is 486 g/mol. The van der Waals surface area contributed by atoms with E-state index in [1.165, 1.54) is 31.0 Å². The molecular formula is C22H23ClF4N4O2. The molecule has 2 heterocycles. The van der Waals surface area contributed by atoms with Crippen LogP contribution in [0, 0.1) is 18.7 Å². The normalized spacial score (nSPS) is 18.8. The number of rotatable bonds is 5. The first-order valence-corrected chi connectivity index (χ1v) is 10.4. The third-order valence-electron chi connectivity index (χ3n) is 5.41. The quantitative estimate of drug-likeness (QED) is 0.596. The Morgan fingerprint density at radius 1 is 1.21 bits per heavy atom. The predicted molar refractivity (Wildman–Crippen MR) is 117 cm³/mol. The number of likely N-dealkylation sites (N-methyl/N-ethyl adjacent to an activating group) is 1. The number of alkyl halides is 3. The summed E-state index contributed by atoms with van der Waals surface area (Å²) in [6, 6.07) is 4.28. The van der Waals surface area contributed by atoms with Crippen molar-refractivity contribution >= 4 is 34.9 Å². The lowest BCUT2D eigenvalue weighted by Gasteiger charge is -2.28. The van der Waals surface area contributed by atoms with Crippen LogP contribution in [0.15, 0.2) is 30.3 Å². The van der Waals surface area contributed by atoms with Gasteiger partial charge in [-0.25, -0.2) is 9.37 Å². The third kappa shape index (κ3) is 5.27. The topological polar surface area (TPSA) is 56.8 Å². The number of benzene rings is 1. The minimum Gasteiger partial charge on any atom is -0.314 e. The van der Waals surface area contributed by atoms with Gasteiger partial charge in [0.1, 0.15) is 17.7 Å². The van der Waals surface area contributed by atoms with E-state index in [1.807, 2.05) is 0 Å². The van der Waals surface area contributed by atoms with Gasteiger partial charge in [0.25, 0.3) is 0 Å². The van der Waals surface area contributed by atoms with E-state index in [0.717, 1.165) is 23.1 Å². The number of carbonyl (C=O) groups excluding carboxylic acids is 2. The van der Waals surface area contributed by atoms with Crippen LogP contribution < -0.4 is 9.80 Å². The zero-order valence-corrected chi connectivity index (χ0v) is 19.2. The van der Waals surface area contributed by atoms with Crippen molar-refractivity contribution in [3.63, 3.8) is 0 Å². The Labute approximate surface area is 193 Å². The largest absolute Gasteiger partial charge is 0.416 e. The molecule has 0 saturated carbocycles. The fourth-order valence-corrected chi connectivity index (χ4v) is 4.06. The SMILES string of the molecule is Cc1cc(C(F)(F)F)cc(N2C(=O)C(CN(C)C)CC2C(=O)N(C)c2ccc(F)c(Cl)c2)n1. The molecule has 2 amide bonds. The molecule has 1 saturated heterocycles. The fourth-order valence-electron chi connectivity index (χ4n) is 3.89. The van der Waals surface area contributed by atoms with Crippen LogP contribution in [0.5, 0.6) is 0 Å². The highest BCUT2D eigenvalue weighted by Gasteiger charge is 2.46. The minimum atomic E-state index is -4.64. The van der Waals surface area contributed by atoms with E-state index >= 15 is 0 Å². The summed E-state index contributed by atoms with van der Waals surface area (Å²) in [4.78, 5) is 34.8. The van der Waals surface area contributed by atoms with Crippen LogP contribution in [0.1, 0.15) is 17.7 Å². The smallest absolute Gasteiger partial charge is 0.314 e. The van der Waals surface area contributed by atoms with Crippen LogP contribution in [-0.4, -0.2) is 55.4 Å². The van der Waals surface area contributed by atoms with Crippen molar-refractivity contribution in [1.82, 2.24) is 9.88 Å². The molecule has 1 aromatic carbocycles. The molecule has 2 unspecified atom stereocenters. The Hall–Kier alpha value is -2.72. The summed E-state index contributed by atoms with van der Waals surface area (Å²) >= 11 is 5.83. The summed E-state index contributed by atoms with van der Waals surface area (Å²) < 4.78 is 53.8. The van der Waals surface area contributed by atoms with E-state index in [1.54, 1.807) is 19.0 Å². The van der Waals surface area contributed by atoms with Crippen LogP contribution in [0.3, 0.4) is 0 Å². The first-order valence-electron chi connectivity index (χ1n) is 10.1.